The fraction of sp³-hybridized carbons (Fsp3) is 0.647. The van der Waals surface area contributed by atoms with Crippen LogP contribution in [0.4, 0.5) is 4.39 Å². The van der Waals surface area contributed by atoms with Gasteiger partial charge >= 0.3 is 0 Å². The molecular weight excluding hydrogens is 283 g/mol. The SMILES string of the molecule is Cc1ccc(F)c(O)c1CN1CCN(C2CCCC2O)CC1. The first-order valence-corrected chi connectivity index (χ1v) is 8.17. The third-order valence-corrected chi connectivity index (χ3v) is 5.17. The third-order valence-electron chi connectivity index (χ3n) is 5.17. The Bertz CT molecular complexity index is 530. The highest BCUT2D eigenvalue weighted by atomic mass is 19.1. The fourth-order valence-corrected chi connectivity index (χ4v) is 3.73. The highest BCUT2D eigenvalue weighted by molar-refractivity contribution is 5.39. The van der Waals surface area contributed by atoms with Crippen LogP contribution in [-0.2, 0) is 6.54 Å². The van der Waals surface area contributed by atoms with Gasteiger partial charge in [-0.2, -0.15) is 0 Å². The molecule has 1 aromatic carbocycles. The van der Waals surface area contributed by atoms with Gasteiger partial charge in [-0.1, -0.05) is 6.07 Å². The van der Waals surface area contributed by atoms with E-state index in [1.807, 2.05) is 6.92 Å². The van der Waals surface area contributed by atoms with Crippen LogP contribution in [0.15, 0.2) is 12.1 Å². The summed E-state index contributed by atoms with van der Waals surface area (Å²) >= 11 is 0. The molecule has 1 saturated carbocycles. The number of rotatable bonds is 3. The van der Waals surface area contributed by atoms with Crippen LogP contribution in [0.25, 0.3) is 0 Å². The molecule has 1 heterocycles. The molecule has 2 aliphatic rings. The van der Waals surface area contributed by atoms with Gasteiger partial charge in [0, 0.05) is 44.3 Å². The Hall–Kier alpha value is -1.17. The molecule has 4 nitrogen and oxygen atoms in total. The van der Waals surface area contributed by atoms with E-state index in [2.05, 4.69) is 9.80 Å². The molecule has 0 amide bonds. The molecule has 0 radical (unpaired) electrons. The van der Waals surface area contributed by atoms with Crippen LogP contribution in [-0.4, -0.2) is 58.3 Å². The number of phenolic OH excluding ortho intramolecular Hbond substituents is 1. The van der Waals surface area contributed by atoms with E-state index in [0.717, 1.165) is 51.0 Å². The van der Waals surface area contributed by atoms with Gasteiger partial charge in [0.2, 0.25) is 0 Å². The molecule has 2 fully saturated rings. The van der Waals surface area contributed by atoms with Crippen molar-refractivity contribution < 1.29 is 14.6 Å². The average molecular weight is 308 g/mol. The van der Waals surface area contributed by atoms with Crippen molar-refractivity contribution in [2.24, 2.45) is 0 Å². The van der Waals surface area contributed by atoms with E-state index in [0.29, 0.717) is 18.2 Å². The molecule has 2 N–H and O–H groups in total. The number of nitrogens with zero attached hydrogens (tertiary/aromatic N) is 2. The summed E-state index contributed by atoms with van der Waals surface area (Å²) in [7, 11) is 0. The second-order valence-electron chi connectivity index (χ2n) is 6.57. The van der Waals surface area contributed by atoms with Gasteiger partial charge in [-0.05, 0) is 37.8 Å². The molecule has 0 spiro atoms. The summed E-state index contributed by atoms with van der Waals surface area (Å²) < 4.78 is 13.5. The van der Waals surface area contributed by atoms with Crippen molar-refractivity contribution in [3.05, 3.63) is 29.1 Å². The van der Waals surface area contributed by atoms with Gasteiger partial charge in [-0.25, -0.2) is 4.39 Å². The molecule has 0 aromatic heterocycles. The highest BCUT2D eigenvalue weighted by Gasteiger charge is 2.32. The summed E-state index contributed by atoms with van der Waals surface area (Å²) in [4.78, 5) is 4.63. The maximum atomic E-state index is 13.5. The second kappa shape index (κ2) is 6.52. The minimum Gasteiger partial charge on any atom is -0.505 e. The average Bonchev–Trinajstić information content (AvgIpc) is 2.94. The molecule has 1 aliphatic carbocycles. The number of aliphatic hydroxyl groups excluding tert-OH is 1. The van der Waals surface area contributed by atoms with Crippen LogP contribution in [0.1, 0.15) is 30.4 Å². The quantitative estimate of drug-likeness (QED) is 0.895. The monoisotopic (exact) mass is 308 g/mol. The van der Waals surface area contributed by atoms with Gasteiger partial charge < -0.3 is 10.2 Å². The molecule has 1 aliphatic heterocycles. The van der Waals surface area contributed by atoms with Gasteiger partial charge in [0.05, 0.1) is 6.10 Å². The summed E-state index contributed by atoms with van der Waals surface area (Å²) in [6.07, 6.45) is 2.94. The zero-order chi connectivity index (χ0) is 15.7. The van der Waals surface area contributed by atoms with Crippen LogP contribution in [0.2, 0.25) is 0 Å². The lowest BCUT2D eigenvalue weighted by Crippen LogP contribution is -2.52. The van der Waals surface area contributed by atoms with Gasteiger partial charge in [0.15, 0.2) is 11.6 Å². The van der Waals surface area contributed by atoms with E-state index in [1.165, 1.54) is 6.07 Å². The Morgan fingerprint density at radius 2 is 1.91 bits per heavy atom. The number of hydrogen-bond donors (Lipinski definition) is 2. The van der Waals surface area contributed by atoms with Crippen molar-refractivity contribution in [2.45, 2.75) is 44.9 Å². The van der Waals surface area contributed by atoms with Crippen LogP contribution >= 0.6 is 0 Å². The number of aromatic hydroxyl groups is 1. The first-order valence-electron chi connectivity index (χ1n) is 8.17. The molecule has 22 heavy (non-hydrogen) atoms. The zero-order valence-corrected chi connectivity index (χ0v) is 13.1. The summed E-state index contributed by atoms with van der Waals surface area (Å²) in [6.45, 7) is 6.11. The second-order valence-corrected chi connectivity index (χ2v) is 6.57. The Morgan fingerprint density at radius 3 is 2.55 bits per heavy atom. The molecule has 2 unspecified atom stereocenters. The smallest absolute Gasteiger partial charge is 0.165 e. The van der Waals surface area contributed by atoms with Crippen LogP contribution in [0.3, 0.4) is 0 Å². The van der Waals surface area contributed by atoms with Crippen LogP contribution < -0.4 is 0 Å². The maximum Gasteiger partial charge on any atom is 0.165 e. The van der Waals surface area contributed by atoms with Crippen molar-refractivity contribution in [1.29, 1.82) is 0 Å². The van der Waals surface area contributed by atoms with Gasteiger partial charge in [-0.3, -0.25) is 9.80 Å². The third kappa shape index (κ3) is 3.12. The number of aryl methyl sites for hydroxylation is 1. The van der Waals surface area contributed by atoms with Crippen LogP contribution in [0.5, 0.6) is 5.75 Å². The van der Waals surface area contributed by atoms with Crippen molar-refractivity contribution in [3.63, 3.8) is 0 Å². The van der Waals surface area contributed by atoms with E-state index in [9.17, 15) is 14.6 Å². The van der Waals surface area contributed by atoms with Gasteiger partial charge in [-0.15, -0.1) is 0 Å². The number of aliphatic hydroxyl groups is 1. The minimum atomic E-state index is -0.548. The van der Waals surface area contributed by atoms with E-state index in [4.69, 9.17) is 0 Å². The Balaban J connectivity index is 1.59. The Labute approximate surface area is 131 Å². The standard InChI is InChI=1S/C17H25FN2O2/c1-12-5-6-14(18)17(22)13(12)11-19-7-9-20(10-8-19)15-3-2-4-16(15)21/h5-6,15-16,21-22H,2-4,7-11H2,1H3. The predicted octanol–water partition coefficient (Wildman–Crippen LogP) is 1.87. The minimum absolute atomic E-state index is 0.180. The normalized spacial score (nSPS) is 27.4. The molecule has 2 atom stereocenters. The number of piperazine rings is 1. The molecule has 122 valence electrons. The topological polar surface area (TPSA) is 46.9 Å². The molecular formula is C17H25FN2O2. The number of phenols is 1. The lowest BCUT2D eigenvalue weighted by atomic mass is 10.1. The lowest BCUT2D eigenvalue weighted by molar-refractivity contribution is 0.0333. The summed E-state index contributed by atoms with van der Waals surface area (Å²) in [5, 5.41) is 19.9. The summed E-state index contributed by atoms with van der Waals surface area (Å²) in [6, 6.07) is 3.34. The Kier molecular flexibility index (Phi) is 4.66. The van der Waals surface area contributed by atoms with Crippen molar-refractivity contribution in [1.82, 2.24) is 9.80 Å². The van der Waals surface area contributed by atoms with E-state index in [-0.39, 0.29) is 11.9 Å². The molecule has 0 bridgehead atoms. The molecule has 3 rings (SSSR count). The van der Waals surface area contributed by atoms with Crippen molar-refractivity contribution in [2.75, 3.05) is 26.2 Å². The lowest BCUT2D eigenvalue weighted by Gasteiger charge is -2.39. The largest absolute Gasteiger partial charge is 0.505 e. The molecule has 1 aromatic rings. The predicted molar refractivity (Wildman–Crippen MR) is 83.3 cm³/mol. The van der Waals surface area contributed by atoms with E-state index >= 15 is 0 Å². The Morgan fingerprint density at radius 1 is 1.18 bits per heavy atom. The summed E-state index contributed by atoms with van der Waals surface area (Å²) in [5.74, 6) is -0.762. The summed E-state index contributed by atoms with van der Waals surface area (Å²) in [5.41, 5.74) is 1.61. The first kappa shape index (κ1) is 15.7. The van der Waals surface area contributed by atoms with Crippen molar-refractivity contribution in [3.8, 4) is 5.75 Å². The maximum absolute atomic E-state index is 13.5. The van der Waals surface area contributed by atoms with E-state index < -0.39 is 5.82 Å². The van der Waals surface area contributed by atoms with E-state index in [1.54, 1.807) is 6.07 Å². The number of hydrogen-bond acceptors (Lipinski definition) is 4. The molecule has 5 heteroatoms. The van der Waals surface area contributed by atoms with Gasteiger partial charge in [0.1, 0.15) is 0 Å². The number of benzene rings is 1. The zero-order valence-electron chi connectivity index (χ0n) is 13.1. The fourth-order valence-electron chi connectivity index (χ4n) is 3.73. The van der Waals surface area contributed by atoms with Gasteiger partial charge in [0.25, 0.3) is 0 Å². The first-order chi connectivity index (χ1) is 10.6. The van der Waals surface area contributed by atoms with Crippen LogP contribution in [0, 0.1) is 12.7 Å². The molecule has 1 saturated heterocycles. The number of halogens is 1. The highest BCUT2D eigenvalue weighted by Crippen LogP contribution is 2.28. The van der Waals surface area contributed by atoms with Crippen molar-refractivity contribution >= 4 is 0 Å².